The van der Waals surface area contributed by atoms with E-state index in [1.807, 2.05) is 49.4 Å². The number of esters is 1. The molecule has 2 aromatic rings. The molecule has 0 spiro atoms. The molecule has 0 radical (unpaired) electrons. The molecule has 0 aliphatic heterocycles. The average molecular weight is 404 g/mol. The summed E-state index contributed by atoms with van der Waals surface area (Å²) in [5.74, 6) is -0.696. The Bertz CT molecular complexity index is 731. The molecular weight excluding hydrogens is 382 g/mol. The van der Waals surface area contributed by atoms with E-state index in [1.54, 1.807) is 6.07 Å². The second-order valence-corrected chi connectivity index (χ2v) is 6.66. The predicted octanol–water partition coefficient (Wildman–Crippen LogP) is 4.58. The molecule has 0 saturated heterocycles. The quantitative estimate of drug-likeness (QED) is 0.688. The number of carbonyl (C=O) groups excluding carboxylic acids is 2. The Kier molecular flexibility index (Phi) is 7.19. The summed E-state index contributed by atoms with van der Waals surface area (Å²) in [5, 5.41) is 2.82. The number of halogens is 1. The van der Waals surface area contributed by atoms with Crippen molar-refractivity contribution in [1.29, 1.82) is 0 Å². The van der Waals surface area contributed by atoms with Gasteiger partial charge in [0.1, 0.15) is 6.04 Å². The van der Waals surface area contributed by atoms with Crippen LogP contribution in [-0.2, 0) is 9.53 Å². The molecule has 0 aromatic heterocycles. The van der Waals surface area contributed by atoms with Crippen molar-refractivity contribution in [3.05, 3.63) is 58.6 Å². The monoisotopic (exact) mass is 403 g/mol. The number of ether oxygens (including phenoxy) is 1. The molecule has 5 heteroatoms. The smallest absolute Gasteiger partial charge is 0.328 e. The lowest BCUT2D eigenvalue weighted by Crippen LogP contribution is -2.41. The van der Waals surface area contributed by atoms with Crippen molar-refractivity contribution in [2.24, 2.45) is 0 Å². The molecule has 0 fully saturated rings. The Morgan fingerprint density at radius 3 is 2.52 bits per heavy atom. The number of unbranched alkanes of at least 4 members (excludes halogenated alkanes) is 1. The number of hydrogen-bond acceptors (Lipinski definition) is 3. The van der Waals surface area contributed by atoms with Crippen LogP contribution in [0.2, 0.25) is 0 Å². The molecule has 2 aromatic carbocycles. The van der Waals surface area contributed by atoms with Crippen molar-refractivity contribution in [1.82, 2.24) is 5.32 Å². The van der Waals surface area contributed by atoms with Crippen LogP contribution >= 0.6 is 15.9 Å². The van der Waals surface area contributed by atoms with E-state index in [4.69, 9.17) is 4.74 Å². The first-order chi connectivity index (χ1) is 12.1. The van der Waals surface area contributed by atoms with E-state index in [0.29, 0.717) is 12.0 Å². The zero-order valence-corrected chi connectivity index (χ0v) is 16.0. The van der Waals surface area contributed by atoms with Gasteiger partial charge in [-0.3, -0.25) is 4.79 Å². The SMILES string of the molecule is CCCCC(NC(=O)c1ccc(Br)cc1-c1ccccc1)C(=O)OC. The van der Waals surface area contributed by atoms with Crippen LogP contribution in [0.4, 0.5) is 0 Å². The maximum absolute atomic E-state index is 12.8. The molecule has 0 aliphatic carbocycles. The van der Waals surface area contributed by atoms with Crippen LogP contribution < -0.4 is 5.32 Å². The van der Waals surface area contributed by atoms with Gasteiger partial charge in [-0.25, -0.2) is 4.79 Å². The number of methoxy groups -OCH3 is 1. The summed E-state index contributed by atoms with van der Waals surface area (Å²) >= 11 is 3.46. The number of amides is 1. The lowest BCUT2D eigenvalue weighted by Gasteiger charge is -2.18. The van der Waals surface area contributed by atoms with Gasteiger partial charge in [0, 0.05) is 10.0 Å². The fourth-order valence-corrected chi connectivity index (χ4v) is 2.97. The average Bonchev–Trinajstić information content (AvgIpc) is 2.64. The molecule has 1 atom stereocenters. The molecular formula is C20H22BrNO3. The van der Waals surface area contributed by atoms with Gasteiger partial charge < -0.3 is 10.1 Å². The maximum Gasteiger partial charge on any atom is 0.328 e. The van der Waals surface area contributed by atoms with Crippen LogP contribution in [0.25, 0.3) is 11.1 Å². The number of rotatable bonds is 7. The van der Waals surface area contributed by atoms with Crippen molar-refractivity contribution in [3.8, 4) is 11.1 Å². The summed E-state index contributed by atoms with van der Waals surface area (Å²) in [5.41, 5.74) is 2.28. The van der Waals surface area contributed by atoms with Crippen LogP contribution in [0.3, 0.4) is 0 Å². The lowest BCUT2D eigenvalue weighted by atomic mass is 9.98. The molecule has 0 heterocycles. The van der Waals surface area contributed by atoms with Gasteiger partial charge >= 0.3 is 5.97 Å². The summed E-state index contributed by atoms with van der Waals surface area (Å²) in [6, 6.07) is 14.5. The molecule has 1 N–H and O–H groups in total. The highest BCUT2D eigenvalue weighted by molar-refractivity contribution is 9.10. The van der Waals surface area contributed by atoms with Gasteiger partial charge in [-0.15, -0.1) is 0 Å². The van der Waals surface area contributed by atoms with Crippen LogP contribution in [0.1, 0.15) is 36.5 Å². The minimum absolute atomic E-state index is 0.280. The van der Waals surface area contributed by atoms with E-state index >= 15 is 0 Å². The van der Waals surface area contributed by atoms with Crippen molar-refractivity contribution < 1.29 is 14.3 Å². The molecule has 1 amide bonds. The normalized spacial score (nSPS) is 11.6. The Morgan fingerprint density at radius 2 is 1.88 bits per heavy atom. The minimum Gasteiger partial charge on any atom is -0.467 e. The zero-order chi connectivity index (χ0) is 18.2. The largest absolute Gasteiger partial charge is 0.467 e. The molecule has 132 valence electrons. The van der Waals surface area contributed by atoms with Crippen molar-refractivity contribution in [2.45, 2.75) is 32.2 Å². The maximum atomic E-state index is 12.8. The van der Waals surface area contributed by atoms with E-state index < -0.39 is 12.0 Å². The van der Waals surface area contributed by atoms with Gasteiger partial charge in [-0.2, -0.15) is 0 Å². The summed E-state index contributed by atoms with van der Waals surface area (Å²) in [6.45, 7) is 2.04. The topological polar surface area (TPSA) is 55.4 Å². The van der Waals surface area contributed by atoms with Gasteiger partial charge in [0.2, 0.25) is 0 Å². The second kappa shape index (κ2) is 9.37. The fraction of sp³-hybridized carbons (Fsp3) is 0.300. The molecule has 1 unspecified atom stereocenters. The molecule has 25 heavy (non-hydrogen) atoms. The first kappa shape index (κ1) is 19.2. The van der Waals surface area contributed by atoms with E-state index in [1.165, 1.54) is 7.11 Å². The van der Waals surface area contributed by atoms with Gasteiger partial charge in [0.05, 0.1) is 7.11 Å². The third-order valence-corrected chi connectivity index (χ3v) is 4.44. The summed E-state index contributed by atoms with van der Waals surface area (Å²) in [6.07, 6.45) is 2.34. The van der Waals surface area contributed by atoms with Crippen LogP contribution in [-0.4, -0.2) is 25.0 Å². The van der Waals surface area contributed by atoms with Crippen LogP contribution in [0.15, 0.2) is 53.0 Å². The standard InChI is InChI=1S/C20H22BrNO3/c1-3-4-10-18(20(24)25-2)22-19(23)16-12-11-15(21)13-17(16)14-8-6-5-7-9-14/h5-9,11-13,18H,3-4,10H2,1-2H3,(H,22,23). The number of hydrogen-bond donors (Lipinski definition) is 1. The summed E-state index contributed by atoms with van der Waals surface area (Å²) in [4.78, 5) is 24.8. The van der Waals surface area contributed by atoms with Crippen molar-refractivity contribution in [3.63, 3.8) is 0 Å². The van der Waals surface area contributed by atoms with E-state index in [-0.39, 0.29) is 5.91 Å². The highest BCUT2D eigenvalue weighted by atomic mass is 79.9. The highest BCUT2D eigenvalue weighted by Gasteiger charge is 2.23. The number of nitrogens with one attached hydrogen (secondary N) is 1. The molecule has 2 rings (SSSR count). The third-order valence-electron chi connectivity index (χ3n) is 3.95. The Hall–Kier alpha value is -2.14. The van der Waals surface area contributed by atoms with Crippen LogP contribution in [0, 0.1) is 0 Å². The Morgan fingerprint density at radius 1 is 1.16 bits per heavy atom. The second-order valence-electron chi connectivity index (χ2n) is 5.75. The molecule has 0 bridgehead atoms. The first-order valence-electron chi connectivity index (χ1n) is 8.30. The molecule has 0 saturated carbocycles. The first-order valence-corrected chi connectivity index (χ1v) is 9.09. The predicted molar refractivity (Wildman–Crippen MR) is 102 cm³/mol. The van der Waals surface area contributed by atoms with Crippen LogP contribution in [0.5, 0.6) is 0 Å². The van der Waals surface area contributed by atoms with E-state index in [0.717, 1.165) is 28.4 Å². The van der Waals surface area contributed by atoms with Crippen molar-refractivity contribution >= 4 is 27.8 Å². The summed E-state index contributed by atoms with van der Waals surface area (Å²) < 4.78 is 5.71. The van der Waals surface area contributed by atoms with E-state index in [9.17, 15) is 9.59 Å². The van der Waals surface area contributed by atoms with Gasteiger partial charge in [-0.05, 0) is 35.7 Å². The molecule has 4 nitrogen and oxygen atoms in total. The highest BCUT2D eigenvalue weighted by Crippen LogP contribution is 2.27. The van der Waals surface area contributed by atoms with Gasteiger partial charge in [0.15, 0.2) is 0 Å². The fourth-order valence-electron chi connectivity index (χ4n) is 2.61. The number of benzene rings is 2. The Labute approximate surface area is 156 Å². The van der Waals surface area contributed by atoms with Gasteiger partial charge in [-0.1, -0.05) is 66.0 Å². The minimum atomic E-state index is -0.635. The zero-order valence-electron chi connectivity index (χ0n) is 14.4. The van der Waals surface area contributed by atoms with Crippen molar-refractivity contribution in [2.75, 3.05) is 7.11 Å². The third kappa shape index (κ3) is 5.16. The summed E-state index contributed by atoms with van der Waals surface area (Å²) in [7, 11) is 1.34. The van der Waals surface area contributed by atoms with E-state index in [2.05, 4.69) is 21.2 Å². The van der Waals surface area contributed by atoms with Gasteiger partial charge in [0.25, 0.3) is 5.91 Å². The lowest BCUT2D eigenvalue weighted by molar-refractivity contribution is -0.143. The Balaban J connectivity index is 2.30. The molecule has 0 aliphatic rings. The number of carbonyl (C=O) groups is 2.